The van der Waals surface area contributed by atoms with E-state index in [0.717, 1.165) is 16.8 Å². The lowest BCUT2D eigenvalue weighted by atomic mass is 9.98. The van der Waals surface area contributed by atoms with E-state index >= 15 is 0 Å². The number of nitrogens with one attached hydrogen (secondary N) is 2. The van der Waals surface area contributed by atoms with Gasteiger partial charge in [-0.1, -0.05) is 61.8 Å². The van der Waals surface area contributed by atoms with Crippen molar-refractivity contribution in [2.75, 3.05) is 5.32 Å². The molecule has 0 fully saturated rings. The SMILES string of the molecule is Cc1cccc(C(C)C)c1Nc1ncc(C(=O)NCc2ccccc2Cl)cn1. The number of hydrogen-bond acceptors (Lipinski definition) is 4. The van der Waals surface area contributed by atoms with Crippen molar-refractivity contribution in [3.05, 3.63) is 82.1 Å². The van der Waals surface area contributed by atoms with Crippen LogP contribution in [0.25, 0.3) is 0 Å². The summed E-state index contributed by atoms with van der Waals surface area (Å²) in [6.07, 6.45) is 3.04. The number of nitrogens with zero attached hydrogens (tertiary/aromatic N) is 2. The van der Waals surface area contributed by atoms with Crippen molar-refractivity contribution in [1.82, 2.24) is 15.3 Å². The van der Waals surface area contributed by atoms with Crippen LogP contribution in [0, 0.1) is 6.92 Å². The Labute approximate surface area is 170 Å². The molecule has 0 aliphatic rings. The monoisotopic (exact) mass is 394 g/mol. The van der Waals surface area contributed by atoms with Crippen molar-refractivity contribution in [2.24, 2.45) is 0 Å². The molecule has 1 heterocycles. The predicted octanol–water partition coefficient (Wildman–Crippen LogP) is 5.24. The summed E-state index contributed by atoms with van der Waals surface area (Å²) in [5, 5.41) is 6.74. The van der Waals surface area contributed by atoms with Crippen molar-refractivity contribution in [2.45, 2.75) is 33.2 Å². The molecule has 0 radical (unpaired) electrons. The van der Waals surface area contributed by atoms with E-state index in [0.29, 0.717) is 29.0 Å². The predicted molar refractivity (Wildman–Crippen MR) is 113 cm³/mol. The quantitative estimate of drug-likeness (QED) is 0.600. The van der Waals surface area contributed by atoms with Crippen LogP contribution in [0.2, 0.25) is 5.02 Å². The number of anilines is 2. The Balaban J connectivity index is 1.69. The van der Waals surface area contributed by atoms with E-state index in [1.54, 1.807) is 6.07 Å². The Kier molecular flexibility index (Phi) is 6.26. The molecular formula is C22H23ClN4O. The van der Waals surface area contributed by atoms with Gasteiger partial charge in [0.25, 0.3) is 5.91 Å². The Morgan fingerprint density at radius 1 is 1.07 bits per heavy atom. The fourth-order valence-electron chi connectivity index (χ4n) is 2.88. The maximum atomic E-state index is 12.3. The van der Waals surface area contributed by atoms with Gasteiger partial charge in [0.15, 0.2) is 0 Å². The van der Waals surface area contributed by atoms with Gasteiger partial charge in [0, 0.05) is 29.6 Å². The molecule has 0 unspecified atom stereocenters. The lowest BCUT2D eigenvalue weighted by Crippen LogP contribution is -2.23. The molecule has 144 valence electrons. The maximum absolute atomic E-state index is 12.3. The van der Waals surface area contributed by atoms with E-state index < -0.39 is 0 Å². The minimum Gasteiger partial charge on any atom is -0.348 e. The van der Waals surface area contributed by atoms with Crippen LogP contribution in [0.4, 0.5) is 11.6 Å². The van der Waals surface area contributed by atoms with Crippen LogP contribution in [0.1, 0.15) is 46.8 Å². The van der Waals surface area contributed by atoms with Crippen molar-refractivity contribution < 1.29 is 4.79 Å². The first kappa shape index (κ1) is 19.8. The van der Waals surface area contributed by atoms with E-state index in [1.165, 1.54) is 18.0 Å². The fraction of sp³-hybridized carbons (Fsp3) is 0.227. The summed E-state index contributed by atoms with van der Waals surface area (Å²) in [5.74, 6) is 0.585. The van der Waals surface area contributed by atoms with Gasteiger partial charge in [-0.2, -0.15) is 0 Å². The van der Waals surface area contributed by atoms with E-state index in [4.69, 9.17) is 11.6 Å². The lowest BCUT2D eigenvalue weighted by molar-refractivity contribution is 0.0950. The van der Waals surface area contributed by atoms with Crippen LogP contribution in [0.5, 0.6) is 0 Å². The molecule has 6 heteroatoms. The summed E-state index contributed by atoms with van der Waals surface area (Å²) in [5.41, 5.74) is 4.58. The third-order valence-electron chi connectivity index (χ3n) is 4.48. The molecule has 28 heavy (non-hydrogen) atoms. The highest BCUT2D eigenvalue weighted by molar-refractivity contribution is 6.31. The van der Waals surface area contributed by atoms with Crippen molar-refractivity contribution in [3.8, 4) is 0 Å². The molecular weight excluding hydrogens is 372 g/mol. The number of carbonyl (C=O) groups is 1. The van der Waals surface area contributed by atoms with E-state index in [1.807, 2.05) is 37.3 Å². The summed E-state index contributed by atoms with van der Waals surface area (Å²) in [4.78, 5) is 20.9. The maximum Gasteiger partial charge on any atom is 0.254 e. The number of aromatic nitrogens is 2. The number of aryl methyl sites for hydroxylation is 1. The first-order chi connectivity index (χ1) is 13.5. The van der Waals surface area contributed by atoms with Crippen molar-refractivity contribution >= 4 is 29.1 Å². The molecule has 0 spiro atoms. The number of halogens is 1. The summed E-state index contributed by atoms with van der Waals surface area (Å²) >= 11 is 6.11. The first-order valence-electron chi connectivity index (χ1n) is 9.16. The molecule has 0 atom stereocenters. The number of hydrogen-bond donors (Lipinski definition) is 2. The molecule has 5 nitrogen and oxygen atoms in total. The molecule has 0 saturated heterocycles. The zero-order valence-corrected chi connectivity index (χ0v) is 16.9. The molecule has 1 amide bonds. The van der Waals surface area contributed by atoms with Gasteiger partial charge in [-0.25, -0.2) is 9.97 Å². The van der Waals surface area contributed by atoms with Crippen LogP contribution >= 0.6 is 11.6 Å². The number of carbonyl (C=O) groups excluding carboxylic acids is 1. The standard InChI is InChI=1S/C22H23ClN4O/c1-14(2)18-9-6-7-15(3)20(18)27-22-25-12-17(13-26-22)21(28)24-11-16-8-4-5-10-19(16)23/h4-10,12-14H,11H2,1-3H3,(H,24,28)(H,25,26,27). The molecule has 1 aromatic heterocycles. The number of para-hydroxylation sites is 1. The molecule has 0 aliphatic carbocycles. The van der Waals surface area contributed by atoms with E-state index in [2.05, 4.69) is 40.5 Å². The van der Waals surface area contributed by atoms with Gasteiger partial charge in [0.1, 0.15) is 0 Å². The average Bonchev–Trinajstić information content (AvgIpc) is 2.69. The largest absolute Gasteiger partial charge is 0.348 e. The Bertz CT molecular complexity index is 971. The van der Waals surface area contributed by atoms with Gasteiger partial charge in [0.2, 0.25) is 5.95 Å². The smallest absolute Gasteiger partial charge is 0.254 e. The molecule has 3 aromatic rings. The third kappa shape index (κ3) is 4.67. The molecule has 2 N–H and O–H groups in total. The van der Waals surface area contributed by atoms with Crippen LogP contribution in [-0.4, -0.2) is 15.9 Å². The Morgan fingerprint density at radius 3 is 2.46 bits per heavy atom. The van der Waals surface area contributed by atoms with E-state index in [9.17, 15) is 4.79 Å². The molecule has 2 aromatic carbocycles. The van der Waals surface area contributed by atoms with Crippen LogP contribution in [0.3, 0.4) is 0 Å². The van der Waals surface area contributed by atoms with Crippen LogP contribution < -0.4 is 10.6 Å². The Morgan fingerprint density at radius 2 is 1.79 bits per heavy atom. The van der Waals surface area contributed by atoms with Crippen molar-refractivity contribution in [3.63, 3.8) is 0 Å². The van der Waals surface area contributed by atoms with Crippen molar-refractivity contribution in [1.29, 1.82) is 0 Å². The highest BCUT2D eigenvalue weighted by Crippen LogP contribution is 2.29. The second kappa shape index (κ2) is 8.85. The lowest BCUT2D eigenvalue weighted by Gasteiger charge is -2.16. The normalized spacial score (nSPS) is 10.8. The molecule has 0 aliphatic heterocycles. The van der Waals surface area contributed by atoms with Gasteiger partial charge in [-0.3, -0.25) is 4.79 Å². The zero-order chi connectivity index (χ0) is 20.1. The minimum absolute atomic E-state index is 0.245. The summed E-state index contributed by atoms with van der Waals surface area (Å²) < 4.78 is 0. The number of rotatable bonds is 6. The number of benzene rings is 2. The molecule has 0 bridgehead atoms. The summed E-state index contributed by atoms with van der Waals surface area (Å²) in [7, 11) is 0. The third-order valence-corrected chi connectivity index (χ3v) is 4.84. The summed E-state index contributed by atoms with van der Waals surface area (Å²) in [6.45, 7) is 6.69. The second-order valence-corrected chi connectivity index (χ2v) is 7.30. The highest BCUT2D eigenvalue weighted by Gasteiger charge is 2.12. The minimum atomic E-state index is -0.245. The Hall–Kier alpha value is -2.92. The first-order valence-corrected chi connectivity index (χ1v) is 9.53. The zero-order valence-electron chi connectivity index (χ0n) is 16.2. The fourth-order valence-corrected chi connectivity index (χ4v) is 3.09. The van der Waals surface area contributed by atoms with Crippen LogP contribution in [0.15, 0.2) is 54.9 Å². The highest BCUT2D eigenvalue weighted by atomic mass is 35.5. The van der Waals surface area contributed by atoms with E-state index in [-0.39, 0.29) is 5.91 Å². The topological polar surface area (TPSA) is 66.9 Å². The average molecular weight is 395 g/mol. The van der Waals surface area contributed by atoms with Gasteiger partial charge in [-0.05, 0) is 35.6 Å². The summed E-state index contributed by atoms with van der Waals surface area (Å²) in [6, 6.07) is 13.6. The number of amides is 1. The van der Waals surface area contributed by atoms with Gasteiger partial charge >= 0.3 is 0 Å². The molecule has 0 saturated carbocycles. The van der Waals surface area contributed by atoms with Crippen LogP contribution in [-0.2, 0) is 6.54 Å². The molecule has 3 rings (SSSR count). The van der Waals surface area contributed by atoms with Gasteiger partial charge < -0.3 is 10.6 Å². The van der Waals surface area contributed by atoms with Gasteiger partial charge in [-0.15, -0.1) is 0 Å². The second-order valence-electron chi connectivity index (χ2n) is 6.89. The van der Waals surface area contributed by atoms with Gasteiger partial charge in [0.05, 0.1) is 5.56 Å².